The van der Waals surface area contributed by atoms with E-state index in [9.17, 15) is 0 Å². The van der Waals surface area contributed by atoms with Crippen molar-refractivity contribution in [3.05, 3.63) is 344 Å². The number of anilines is 9. The lowest BCUT2D eigenvalue weighted by Crippen LogP contribution is -2.66. The van der Waals surface area contributed by atoms with E-state index in [0.29, 0.717) is 90.0 Å². The van der Waals surface area contributed by atoms with Crippen LogP contribution in [0.4, 0.5) is 77.5 Å². The maximum Gasteiger partial charge on any atom is 0.260 e. The van der Waals surface area contributed by atoms with Gasteiger partial charge in [0.1, 0.15) is 86.5 Å². The molecule has 0 bridgehead atoms. The summed E-state index contributed by atoms with van der Waals surface area (Å²) in [7, 11) is 0. The normalized spacial score (nSPS) is 13.6. The number of fused-ring (bicyclic) bond motifs is 21. The van der Waals surface area contributed by atoms with Crippen molar-refractivity contribution in [1.29, 1.82) is 0 Å². The van der Waals surface area contributed by atoms with Crippen LogP contribution in [0.3, 0.4) is 0 Å². The van der Waals surface area contributed by atoms with Gasteiger partial charge in [-0.15, -0.1) is 0 Å². The molecule has 0 aliphatic carbocycles. The van der Waals surface area contributed by atoms with E-state index in [1.165, 1.54) is 54.6 Å². The summed E-state index contributed by atoms with van der Waals surface area (Å²) in [5.74, 6) is -2.43. The van der Waals surface area contributed by atoms with Crippen molar-refractivity contribution < 1.29 is 40.6 Å². The highest BCUT2D eigenvalue weighted by Crippen LogP contribution is 2.53. The highest BCUT2D eigenvalue weighted by Gasteiger charge is 2.52. The Bertz CT molecular complexity index is 7390. The summed E-state index contributed by atoms with van der Waals surface area (Å²) in [6.45, 7) is -2.33. The second kappa shape index (κ2) is 23.1. The molecule has 0 fully saturated rings. The predicted octanol–water partition coefficient (Wildman–Crippen LogP) is 19.0. The van der Waals surface area contributed by atoms with Gasteiger partial charge < -0.3 is 42.6 Å². The molecule has 16 aromatic carbocycles. The van der Waals surface area contributed by atoms with Crippen molar-refractivity contribution in [3.63, 3.8) is 0 Å². The smallest absolute Gasteiger partial charge is 0.260 e. The fourth-order valence-corrected chi connectivity index (χ4v) is 19.9. The van der Waals surface area contributed by atoms with Gasteiger partial charge >= 0.3 is 0 Å². The first-order valence-corrected chi connectivity index (χ1v) is 37.9. The Labute approximate surface area is 647 Å². The molecule has 9 nitrogen and oxygen atoms in total. The van der Waals surface area contributed by atoms with Gasteiger partial charge in [0.2, 0.25) is 0 Å². The maximum atomic E-state index is 18.4. The van der Waals surface area contributed by atoms with Crippen molar-refractivity contribution in [2.24, 2.45) is 0 Å². The molecule has 19 aromatic rings. The van der Waals surface area contributed by atoms with Crippen LogP contribution in [-0.4, -0.2) is 33.8 Å². The van der Waals surface area contributed by atoms with E-state index in [4.69, 9.17) is 14.2 Å². The van der Waals surface area contributed by atoms with Crippen LogP contribution in [-0.2, 0) is 0 Å². The molecule has 6 aliphatic rings. The van der Waals surface area contributed by atoms with Crippen LogP contribution in [0.2, 0.25) is 0 Å². The first-order chi connectivity index (χ1) is 56.1. The summed E-state index contributed by atoms with van der Waals surface area (Å²) in [5, 5.41) is 5.90. The zero-order valence-corrected chi connectivity index (χ0v) is 59.9. The molecule has 3 aromatic heterocycles. The van der Waals surface area contributed by atoms with Crippen molar-refractivity contribution in [1.82, 2.24) is 13.7 Å². The Morgan fingerprint density at radius 3 is 0.868 bits per heavy atom. The minimum Gasteiger partial charge on any atom is -0.458 e. The molecule has 0 atom stereocenters. The van der Waals surface area contributed by atoms with Crippen LogP contribution in [0, 0.1) is 34.9 Å². The summed E-state index contributed by atoms with van der Waals surface area (Å²) in [6.07, 6.45) is 0. The Morgan fingerprint density at radius 1 is 0.202 bits per heavy atom. The second-order valence-corrected chi connectivity index (χ2v) is 30.1. The minimum absolute atomic E-state index is 0.233. The zero-order valence-electron chi connectivity index (χ0n) is 59.9. The lowest BCUT2D eigenvalue weighted by molar-refractivity contribution is 0.464. The molecule has 6 aliphatic heterocycles. The molecule has 0 saturated carbocycles. The van der Waals surface area contributed by atoms with Gasteiger partial charge in [0.05, 0.1) is 50.2 Å². The first-order valence-electron chi connectivity index (χ1n) is 37.9. The van der Waals surface area contributed by atoms with E-state index in [0.717, 1.165) is 87.5 Å². The molecule has 0 N–H and O–H groups in total. The van der Waals surface area contributed by atoms with Crippen LogP contribution < -0.4 is 78.1 Å². The standard InChI is InChI=1S/C96H51B3F6N6O3/c100-67-28-17-29-68(101)94(67)109-80-50-79-63(97-61-26-7-15-40-85(61)112-88-45-53(44-84(92(88)97)110(79)95-69(102)30-18-31-70(95)103)107-75-36-11-3-22-57(75)58-23-4-12-37-76(58)107)48-64(80)99-65-49-66-87(114-90-47-54(46-89-93(90)98(66)62-27-8-16-41-86(62)113-89)108-77-38-13-5-24-59(77)60-25-6-14-39-78(60)108)51-81(65)111(96-71(104)32-19-33-72(96)105)83-43-52(42-82(109)91(83)99)106-73-34-9-1-20-55(73)56-21-2-10-35-74(56)106/h1-51H. The Morgan fingerprint density at radius 2 is 0.482 bits per heavy atom. The third kappa shape index (κ3) is 8.46. The van der Waals surface area contributed by atoms with Crippen molar-refractivity contribution in [2.75, 3.05) is 14.7 Å². The van der Waals surface area contributed by atoms with Crippen LogP contribution in [0.1, 0.15) is 0 Å². The number of ether oxygens (including phenoxy) is 3. The molecule has 0 saturated heterocycles. The minimum atomic E-state index is -0.999. The van der Waals surface area contributed by atoms with Gasteiger partial charge in [-0.25, -0.2) is 26.3 Å². The molecule has 18 heteroatoms. The fraction of sp³-hybridized carbons (Fsp3) is 0. The van der Waals surface area contributed by atoms with Gasteiger partial charge in [0.25, 0.3) is 20.1 Å². The third-order valence-corrected chi connectivity index (χ3v) is 24.3. The van der Waals surface area contributed by atoms with Gasteiger partial charge in [0, 0.05) is 96.2 Å². The second-order valence-electron chi connectivity index (χ2n) is 30.1. The van der Waals surface area contributed by atoms with Crippen molar-refractivity contribution in [3.8, 4) is 51.6 Å². The first kappa shape index (κ1) is 63.3. The van der Waals surface area contributed by atoms with Crippen LogP contribution in [0.25, 0.3) is 82.5 Å². The van der Waals surface area contributed by atoms with Gasteiger partial charge in [-0.05, 0) is 153 Å². The van der Waals surface area contributed by atoms with E-state index in [1.54, 1.807) is 14.7 Å². The Balaban J connectivity index is 0.820. The summed E-state index contributed by atoms with van der Waals surface area (Å²) >= 11 is 0. The molecule has 0 amide bonds. The molecule has 534 valence electrons. The lowest BCUT2D eigenvalue weighted by atomic mass is 9.29. The predicted molar refractivity (Wildman–Crippen MR) is 447 cm³/mol. The summed E-state index contributed by atoms with van der Waals surface area (Å²) in [4.78, 5) is 4.77. The van der Waals surface area contributed by atoms with Crippen molar-refractivity contribution in [2.45, 2.75) is 0 Å². The average Bonchev–Trinajstić information content (AvgIpc) is 0.767. The van der Waals surface area contributed by atoms with Crippen LogP contribution >= 0.6 is 0 Å². The number of para-hydroxylation sites is 11. The lowest BCUT2D eigenvalue weighted by Gasteiger charge is -2.47. The monoisotopic (exact) mass is 1480 g/mol. The number of aromatic nitrogens is 3. The van der Waals surface area contributed by atoms with E-state index in [2.05, 4.69) is 62.2 Å². The fourth-order valence-electron chi connectivity index (χ4n) is 19.9. The summed E-state index contributed by atoms with van der Waals surface area (Å²) in [5.41, 5.74) is 13.2. The average molecular weight is 1480 g/mol. The van der Waals surface area contributed by atoms with Crippen LogP contribution in [0.5, 0.6) is 34.5 Å². The molecular weight excluding hydrogens is 1430 g/mol. The van der Waals surface area contributed by atoms with E-state index in [1.807, 2.05) is 206 Å². The zero-order chi connectivity index (χ0) is 75.4. The highest BCUT2D eigenvalue weighted by atomic mass is 19.2. The number of benzene rings is 16. The van der Waals surface area contributed by atoms with Crippen molar-refractivity contribution >= 4 is 186 Å². The molecular formula is C96H51B3F6N6O3. The van der Waals surface area contributed by atoms with E-state index >= 15 is 26.3 Å². The topological polar surface area (TPSA) is 52.2 Å². The number of rotatable bonds is 6. The number of hydrogen-bond donors (Lipinski definition) is 0. The van der Waals surface area contributed by atoms with Gasteiger partial charge in [-0.3, -0.25) is 0 Å². The SMILES string of the molecule is Fc1cccc(F)c1N1c2cc3c(cc2B2c4ccccc4Oc4cc(-n5c6ccccc6c6ccccc65)cc1c42)B1c2cc4c(cc2N(c2c(F)cccc2F)c2cc(-n5c6ccccc6c6ccccc65)cc(c21)N3c1c(F)cccc1F)Oc1cc(-n2c3ccccc3c3ccccc32)cc2c1B4c1ccccc1O2. The molecule has 0 spiro atoms. The molecule has 0 unspecified atom stereocenters. The Kier molecular flexibility index (Phi) is 12.8. The summed E-state index contributed by atoms with van der Waals surface area (Å²) < 4.78 is 137. The summed E-state index contributed by atoms with van der Waals surface area (Å²) in [6, 6.07) is 95.2. The number of nitrogens with zero attached hydrogens (tertiary/aromatic N) is 6. The third-order valence-electron chi connectivity index (χ3n) is 24.3. The highest BCUT2D eigenvalue weighted by molar-refractivity contribution is 7.04. The van der Waals surface area contributed by atoms with Crippen LogP contribution in [0.15, 0.2) is 309 Å². The van der Waals surface area contributed by atoms with Gasteiger partial charge in [-0.1, -0.05) is 176 Å². The van der Waals surface area contributed by atoms with E-state index < -0.39 is 72.1 Å². The largest absolute Gasteiger partial charge is 0.458 e. The molecule has 25 rings (SSSR count). The number of hydrogen-bond acceptors (Lipinski definition) is 6. The molecule has 114 heavy (non-hydrogen) atoms. The molecule has 0 radical (unpaired) electrons. The number of halogens is 6. The van der Waals surface area contributed by atoms with E-state index in [-0.39, 0.29) is 22.7 Å². The maximum absolute atomic E-state index is 18.4. The van der Waals surface area contributed by atoms with Gasteiger partial charge in [0.15, 0.2) is 0 Å². The molecule has 9 heterocycles. The quantitative estimate of drug-likeness (QED) is 0.122. The Hall–Kier alpha value is -14.5. The van der Waals surface area contributed by atoms with Gasteiger partial charge in [-0.2, -0.15) is 0 Å².